The molecule has 3 heterocycles. The van der Waals surface area contributed by atoms with Crippen LogP contribution in [0, 0.1) is 12.7 Å². The third-order valence-corrected chi connectivity index (χ3v) is 5.45. The van der Waals surface area contributed by atoms with E-state index in [-0.39, 0.29) is 11.8 Å². The molecular formula is C21H27FN6O. The lowest BCUT2D eigenvalue weighted by Gasteiger charge is -2.36. The SMILES string of the molecule is Cc1cc(N2CCN(C(=O)Nc3ccc(F)cc3)CC2)nc(N2CCCCC2)n1. The number of halogens is 1. The van der Waals surface area contributed by atoms with Crippen LogP contribution in [0.2, 0.25) is 0 Å². The Morgan fingerprint density at radius 2 is 1.62 bits per heavy atom. The topological polar surface area (TPSA) is 64.6 Å². The second-order valence-corrected chi connectivity index (χ2v) is 7.63. The highest BCUT2D eigenvalue weighted by Crippen LogP contribution is 2.22. The van der Waals surface area contributed by atoms with Crippen LogP contribution < -0.4 is 15.1 Å². The van der Waals surface area contributed by atoms with Crippen molar-refractivity contribution in [2.24, 2.45) is 0 Å². The number of piperidine rings is 1. The number of hydrogen-bond acceptors (Lipinski definition) is 5. The first kappa shape index (κ1) is 19.4. The third-order valence-electron chi connectivity index (χ3n) is 5.45. The summed E-state index contributed by atoms with van der Waals surface area (Å²) in [4.78, 5) is 28.2. The molecule has 1 N–H and O–H groups in total. The monoisotopic (exact) mass is 398 g/mol. The van der Waals surface area contributed by atoms with Crippen LogP contribution >= 0.6 is 0 Å². The van der Waals surface area contributed by atoms with E-state index in [0.29, 0.717) is 31.9 Å². The van der Waals surface area contributed by atoms with Crippen LogP contribution in [0.5, 0.6) is 0 Å². The summed E-state index contributed by atoms with van der Waals surface area (Å²) >= 11 is 0. The molecule has 0 spiro atoms. The van der Waals surface area contributed by atoms with Crippen molar-refractivity contribution in [3.8, 4) is 0 Å². The molecule has 0 atom stereocenters. The van der Waals surface area contributed by atoms with Gasteiger partial charge in [0.1, 0.15) is 11.6 Å². The quantitative estimate of drug-likeness (QED) is 0.860. The van der Waals surface area contributed by atoms with Gasteiger partial charge in [-0.2, -0.15) is 4.98 Å². The van der Waals surface area contributed by atoms with E-state index in [1.54, 1.807) is 17.0 Å². The van der Waals surface area contributed by atoms with Crippen LogP contribution in [0.15, 0.2) is 30.3 Å². The molecule has 4 rings (SSSR count). The summed E-state index contributed by atoms with van der Waals surface area (Å²) in [6, 6.07) is 7.66. The van der Waals surface area contributed by atoms with Crippen LogP contribution in [0.1, 0.15) is 25.0 Å². The van der Waals surface area contributed by atoms with Crippen LogP contribution in [0.25, 0.3) is 0 Å². The van der Waals surface area contributed by atoms with Gasteiger partial charge in [0, 0.05) is 56.7 Å². The molecule has 7 nitrogen and oxygen atoms in total. The molecule has 0 bridgehead atoms. The zero-order chi connectivity index (χ0) is 20.2. The number of hydrogen-bond donors (Lipinski definition) is 1. The van der Waals surface area contributed by atoms with Crippen molar-refractivity contribution in [2.75, 3.05) is 54.4 Å². The lowest BCUT2D eigenvalue weighted by Crippen LogP contribution is -2.50. The molecule has 2 aliphatic heterocycles. The first-order valence-corrected chi connectivity index (χ1v) is 10.3. The number of urea groups is 1. The Bertz CT molecular complexity index is 845. The van der Waals surface area contributed by atoms with Crippen LogP contribution in [0.3, 0.4) is 0 Å². The predicted molar refractivity (Wildman–Crippen MR) is 112 cm³/mol. The van der Waals surface area contributed by atoms with Gasteiger partial charge in [0.25, 0.3) is 0 Å². The van der Waals surface area contributed by atoms with Crippen LogP contribution in [-0.2, 0) is 0 Å². The van der Waals surface area contributed by atoms with Crippen molar-refractivity contribution >= 4 is 23.5 Å². The average Bonchev–Trinajstić information content (AvgIpc) is 2.75. The molecule has 1 aromatic carbocycles. The highest BCUT2D eigenvalue weighted by Gasteiger charge is 2.23. The van der Waals surface area contributed by atoms with E-state index in [2.05, 4.69) is 20.1 Å². The van der Waals surface area contributed by atoms with Gasteiger partial charge in [0.2, 0.25) is 5.95 Å². The number of carbonyl (C=O) groups is 1. The minimum Gasteiger partial charge on any atom is -0.353 e. The van der Waals surface area contributed by atoms with Crippen molar-refractivity contribution < 1.29 is 9.18 Å². The summed E-state index contributed by atoms with van der Waals surface area (Å²) < 4.78 is 13.0. The van der Waals surface area contributed by atoms with Gasteiger partial charge in [-0.1, -0.05) is 0 Å². The van der Waals surface area contributed by atoms with E-state index in [1.165, 1.54) is 31.4 Å². The number of nitrogens with zero attached hydrogens (tertiary/aromatic N) is 5. The molecule has 8 heteroatoms. The van der Waals surface area contributed by atoms with E-state index in [4.69, 9.17) is 4.98 Å². The van der Waals surface area contributed by atoms with Gasteiger partial charge in [0.15, 0.2) is 0 Å². The lowest BCUT2D eigenvalue weighted by atomic mass is 10.1. The zero-order valence-electron chi connectivity index (χ0n) is 16.8. The standard InChI is InChI=1S/C21H27FN6O/c1-16-15-19(25-20(23-16)27-9-3-2-4-10-27)26-11-13-28(14-12-26)21(29)24-18-7-5-17(22)6-8-18/h5-8,15H,2-4,9-14H2,1H3,(H,24,29). The van der Waals surface area contributed by atoms with E-state index in [0.717, 1.165) is 30.5 Å². The Kier molecular flexibility index (Phi) is 5.78. The van der Waals surface area contributed by atoms with Crippen molar-refractivity contribution in [3.63, 3.8) is 0 Å². The fourth-order valence-corrected chi connectivity index (χ4v) is 3.81. The van der Waals surface area contributed by atoms with Crippen LogP contribution in [-0.4, -0.2) is 60.2 Å². The Balaban J connectivity index is 1.37. The molecule has 1 aromatic heterocycles. The Morgan fingerprint density at radius 3 is 2.31 bits per heavy atom. The highest BCUT2D eigenvalue weighted by atomic mass is 19.1. The van der Waals surface area contributed by atoms with Gasteiger partial charge in [-0.15, -0.1) is 0 Å². The van der Waals surface area contributed by atoms with Gasteiger partial charge < -0.3 is 20.0 Å². The fourth-order valence-electron chi connectivity index (χ4n) is 3.81. The van der Waals surface area contributed by atoms with E-state index >= 15 is 0 Å². The number of piperazine rings is 1. The zero-order valence-corrected chi connectivity index (χ0v) is 16.8. The number of anilines is 3. The maximum absolute atomic E-state index is 13.0. The second-order valence-electron chi connectivity index (χ2n) is 7.63. The molecule has 0 unspecified atom stereocenters. The maximum atomic E-state index is 13.0. The molecule has 2 saturated heterocycles. The Hall–Kier alpha value is -2.90. The van der Waals surface area contributed by atoms with Gasteiger partial charge in [0.05, 0.1) is 0 Å². The minimum atomic E-state index is -0.319. The first-order chi connectivity index (χ1) is 14.1. The fraction of sp³-hybridized carbons (Fsp3) is 0.476. The van der Waals surface area contributed by atoms with Crippen molar-refractivity contribution in [1.82, 2.24) is 14.9 Å². The molecule has 2 amide bonds. The van der Waals surface area contributed by atoms with Gasteiger partial charge >= 0.3 is 6.03 Å². The number of rotatable bonds is 3. The lowest BCUT2D eigenvalue weighted by molar-refractivity contribution is 0.208. The van der Waals surface area contributed by atoms with Crippen LogP contribution in [0.4, 0.5) is 26.6 Å². The Morgan fingerprint density at radius 1 is 0.931 bits per heavy atom. The van der Waals surface area contributed by atoms with Crippen molar-refractivity contribution in [2.45, 2.75) is 26.2 Å². The Labute approximate surface area is 170 Å². The van der Waals surface area contributed by atoms with E-state index in [1.807, 2.05) is 13.0 Å². The smallest absolute Gasteiger partial charge is 0.321 e. The summed E-state index contributed by atoms with van der Waals surface area (Å²) in [5, 5.41) is 2.82. The summed E-state index contributed by atoms with van der Waals surface area (Å²) in [5.74, 6) is 1.42. The molecule has 154 valence electrons. The normalized spacial score (nSPS) is 17.4. The molecule has 0 saturated carbocycles. The molecule has 0 radical (unpaired) electrons. The summed E-state index contributed by atoms with van der Waals surface area (Å²) in [5.41, 5.74) is 1.56. The highest BCUT2D eigenvalue weighted by molar-refractivity contribution is 5.89. The van der Waals surface area contributed by atoms with Crippen molar-refractivity contribution in [3.05, 3.63) is 41.8 Å². The van der Waals surface area contributed by atoms with Gasteiger partial charge in [-0.05, 0) is 50.5 Å². The minimum absolute atomic E-state index is 0.163. The second kappa shape index (κ2) is 8.63. The number of carbonyl (C=O) groups excluding carboxylic acids is 1. The average molecular weight is 398 g/mol. The molecule has 2 aliphatic rings. The molecule has 2 fully saturated rings. The summed E-state index contributed by atoms with van der Waals surface area (Å²) in [6.45, 7) is 6.68. The van der Waals surface area contributed by atoms with Crippen molar-refractivity contribution in [1.29, 1.82) is 0 Å². The third kappa shape index (κ3) is 4.75. The maximum Gasteiger partial charge on any atom is 0.321 e. The van der Waals surface area contributed by atoms with E-state index < -0.39 is 0 Å². The number of amides is 2. The largest absolute Gasteiger partial charge is 0.353 e. The number of nitrogens with one attached hydrogen (secondary N) is 1. The summed E-state index contributed by atoms with van der Waals surface area (Å²) in [6.07, 6.45) is 3.65. The first-order valence-electron chi connectivity index (χ1n) is 10.3. The van der Waals surface area contributed by atoms with Gasteiger partial charge in [-0.25, -0.2) is 14.2 Å². The predicted octanol–water partition coefficient (Wildman–Crippen LogP) is 3.27. The molecule has 29 heavy (non-hydrogen) atoms. The number of benzene rings is 1. The molecule has 2 aromatic rings. The molecule has 0 aliphatic carbocycles. The van der Waals surface area contributed by atoms with Gasteiger partial charge in [-0.3, -0.25) is 0 Å². The summed E-state index contributed by atoms with van der Waals surface area (Å²) in [7, 11) is 0. The number of aromatic nitrogens is 2. The number of aryl methyl sites for hydroxylation is 1. The molecular weight excluding hydrogens is 371 g/mol. The van der Waals surface area contributed by atoms with E-state index in [9.17, 15) is 9.18 Å².